The summed E-state index contributed by atoms with van der Waals surface area (Å²) in [4.78, 5) is 12.2. The van der Waals surface area contributed by atoms with Crippen LogP contribution in [0.3, 0.4) is 0 Å². The molecule has 2 aromatic rings. The van der Waals surface area contributed by atoms with Gasteiger partial charge in [0.15, 0.2) is 9.84 Å². The summed E-state index contributed by atoms with van der Waals surface area (Å²) in [6, 6.07) is 14.4. The van der Waals surface area contributed by atoms with Crippen LogP contribution in [0.4, 0.5) is 0 Å². The Morgan fingerprint density at radius 1 is 1.00 bits per heavy atom. The van der Waals surface area contributed by atoms with E-state index in [1.54, 1.807) is 24.3 Å². The molecule has 1 amide bonds. The van der Waals surface area contributed by atoms with Crippen molar-refractivity contribution < 1.29 is 13.2 Å². The minimum atomic E-state index is -3.09. The van der Waals surface area contributed by atoms with Crippen LogP contribution < -0.4 is 11.1 Å². The molecule has 0 aliphatic carbocycles. The monoisotopic (exact) mass is 410 g/mol. The molecule has 0 heterocycles. The highest BCUT2D eigenvalue weighted by molar-refractivity contribution is 7.89. The number of sulfone groups is 1. The molecule has 0 spiro atoms. The molecule has 0 radical (unpaired) electrons. The zero-order chi connectivity index (χ0) is 19.3. The van der Waals surface area contributed by atoms with Crippen LogP contribution in [0.15, 0.2) is 48.5 Å². The Labute approximate surface area is 167 Å². The summed E-state index contributed by atoms with van der Waals surface area (Å²) in [5.41, 5.74) is 9.51. The summed E-state index contributed by atoms with van der Waals surface area (Å²) in [6.07, 6.45) is 1.18. The molecule has 2 aromatic carbocycles. The summed E-state index contributed by atoms with van der Waals surface area (Å²) >= 11 is 0. The largest absolute Gasteiger partial charge is 0.350 e. The summed E-state index contributed by atoms with van der Waals surface area (Å²) in [6.45, 7) is 4.59. The second kappa shape index (κ2) is 9.88. The SMILES string of the molecule is CC(C)c1ccc(C(N)CNC(=O)c2ccc(CS(C)(=O)=O)cc2)cc1.Cl. The van der Waals surface area contributed by atoms with Crippen molar-refractivity contribution in [1.29, 1.82) is 0 Å². The minimum Gasteiger partial charge on any atom is -0.350 e. The van der Waals surface area contributed by atoms with Crippen LogP contribution >= 0.6 is 12.4 Å². The maximum atomic E-state index is 12.2. The van der Waals surface area contributed by atoms with Crippen LogP contribution in [0, 0.1) is 0 Å². The predicted molar refractivity (Wildman–Crippen MR) is 112 cm³/mol. The van der Waals surface area contributed by atoms with Gasteiger partial charge in [0.2, 0.25) is 0 Å². The molecule has 0 aromatic heterocycles. The van der Waals surface area contributed by atoms with E-state index in [1.165, 1.54) is 11.8 Å². The maximum absolute atomic E-state index is 12.2. The molecule has 27 heavy (non-hydrogen) atoms. The molecular weight excluding hydrogens is 384 g/mol. The van der Waals surface area contributed by atoms with Gasteiger partial charge in [-0.3, -0.25) is 4.79 Å². The third-order valence-corrected chi connectivity index (χ3v) is 5.02. The van der Waals surface area contributed by atoms with Crippen LogP contribution in [0.1, 0.15) is 52.9 Å². The van der Waals surface area contributed by atoms with Gasteiger partial charge in [-0.2, -0.15) is 0 Å². The molecule has 5 nitrogen and oxygen atoms in total. The Morgan fingerprint density at radius 2 is 1.52 bits per heavy atom. The smallest absolute Gasteiger partial charge is 0.251 e. The highest BCUT2D eigenvalue weighted by Gasteiger charge is 2.11. The molecule has 0 saturated heterocycles. The molecule has 7 heteroatoms. The third kappa shape index (κ3) is 7.33. The van der Waals surface area contributed by atoms with Crippen molar-refractivity contribution in [1.82, 2.24) is 5.32 Å². The molecule has 0 aliphatic rings. The third-order valence-electron chi connectivity index (χ3n) is 4.16. The first kappa shape index (κ1) is 23.1. The van der Waals surface area contributed by atoms with Gasteiger partial charge in [0.1, 0.15) is 0 Å². The fourth-order valence-electron chi connectivity index (χ4n) is 2.61. The lowest BCUT2D eigenvalue weighted by Crippen LogP contribution is -2.31. The van der Waals surface area contributed by atoms with E-state index < -0.39 is 9.84 Å². The Bertz CT molecular complexity index is 848. The molecule has 2 rings (SSSR count). The van der Waals surface area contributed by atoms with Gasteiger partial charge in [-0.05, 0) is 34.7 Å². The Hall–Kier alpha value is -1.89. The zero-order valence-electron chi connectivity index (χ0n) is 15.8. The fraction of sp³-hybridized carbons (Fsp3) is 0.350. The van der Waals surface area contributed by atoms with E-state index in [-0.39, 0.29) is 30.1 Å². The van der Waals surface area contributed by atoms with E-state index in [0.717, 1.165) is 5.56 Å². The highest BCUT2D eigenvalue weighted by Crippen LogP contribution is 2.17. The molecule has 1 unspecified atom stereocenters. The molecule has 0 fully saturated rings. The van der Waals surface area contributed by atoms with Crippen LogP contribution in [-0.4, -0.2) is 27.1 Å². The summed E-state index contributed by atoms with van der Waals surface area (Å²) in [5.74, 6) is 0.197. The highest BCUT2D eigenvalue weighted by atomic mass is 35.5. The van der Waals surface area contributed by atoms with Crippen molar-refractivity contribution in [2.75, 3.05) is 12.8 Å². The average molecular weight is 411 g/mol. The zero-order valence-corrected chi connectivity index (χ0v) is 17.4. The Morgan fingerprint density at radius 3 is 2.00 bits per heavy atom. The number of nitrogens with one attached hydrogen (secondary N) is 1. The molecule has 3 N–H and O–H groups in total. The van der Waals surface area contributed by atoms with E-state index >= 15 is 0 Å². The van der Waals surface area contributed by atoms with Crippen LogP contribution in [0.2, 0.25) is 0 Å². The summed E-state index contributed by atoms with van der Waals surface area (Å²) in [7, 11) is -3.09. The van der Waals surface area contributed by atoms with Crippen LogP contribution in [0.25, 0.3) is 0 Å². The van der Waals surface area contributed by atoms with Crippen molar-refractivity contribution in [3.63, 3.8) is 0 Å². The predicted octanol–water partition coefficient (Wildman–Crippen LogP) is 3.21. The first-order valence-corrected chi connectivity index (χ1v) is 10.6. The normalized spacial score (nSPS) is 12.3. The summed E-state index contributed by atoms with van der Waals surface area (Å²) < 4.78 is 22.6. The second-order valence-corrected chi connectivity index (χ2v) is 9.05. The number of hydrogen-bond acceptors (Lipinski definition) is 4. The lowest BCUT2D eigenvalue weighted by atomic mass is 9.99. The second-order valence-electron chi connectivity index (χ2n) is 6.90. The number of amides is 1. The topological polar surface area (TPSA) is 89.3 Å². The number of benzene rings is 2. The van der Waals surface area contributed by atoms with Crippen molar-refractivity contribution in [2.24, 2.45) is 5.73 Å². The van der Waals surface area contributed by atoms with Crippen LogP contribution in [0.5, 0.6) is 0 Å². The number of halogens is 1. The van der Waals surface area contributed by atoms with Crippen LogP contribution in [-0.2, 0) is 15.6 Å². The minimum absolute atomic E-state index is 0. The Kier molecular flexibility index (Phi) is 8.47. The van der Waals surface area contributed by atoms with Gasteiger partial charge in [0.25, 0.3) is 5.91 Å². The van der Waals surface area contributed by atoms with Gasteiger partial charge < -0.3 is 11.1 Å². The number of nitrogens with two attached hydrogens (primary N) is 1. The molecule has 0 bridgehead atoms. The fourth-order valence-corrected chi connectivity index (χ4v) is 3.40. The number of carbonyl (C=O) groups is 1. The van der Waals surface area contributed by atoms with E-state index in [0.29, 0.717) is 23.6 Å². The standard InChI is InChI=1S/C20H26N2O3S.ClH/c1-14(2)16-8-10-17(11-9-16)19(21)12-22-20(23)18-6-4-15(5-7-18)13-26(3,24)25;/h4-11,14,19H,12-13,21H2,1-3H3,(H,22,23);1H. The first-order chi connectivity index (χ1) is 12.2. The van der Waals surface area contributed by atoms with Crippen molar-refractivity contribution in [2.45, 2.75) is 31.6 Å². The van der Waals surface area contributed by atoms with Gasteiger partial charge in [0, 0.05) is 24.4 Å². The van der Waals surface area contributed by atoms with E-state index in [4.69, 9.17) is 5.73 Å². The maximum Gasteiger partial charge on any atom is 0.251 e. The van der Waals surface area contributed by atoms with Gasteiger partial charge in [-0.15, -0.1) is 12.4 Å². The van der Waals surface area contributed by atoms with Crippen molar-refractivity contribution in [3.05, 3.63) is 70.8 Å². The molecule has 0 aliphatic heterocycles. The van der Waals surface area contributed by atoms with E-state index in [2.05, 4.69) is 31.3 Å². The number of carbonyl (C=O) groups excluding carboxylic acids is 1. The Balaban J connectivity index is 0.00000364. The van der Waals surface area contributed by atoms with Gasteiger partial charge in [0.05, 0.1) is 5.75 Å². The molecule has 0 saturated carbocycles. The van der Waals surface area contributed by atoms with Gasteiger partial charge >= 0.3 is 0 Å². The molecule has 1 atom stereocenters. The quantitative estimate of drug-likeness (QED) is 0.733. The lowest BCUT2D eigenvalue weighted by Gasteiger charge is -2.15. The van der Waals surface area contributed by atoms with Gasteiger partial charge in [-0.1, -0.05) is 50.2 Å². The number of hydrogen-bond donors (Lipinski definition) is 2. The first-order valence-electron chi connectivity index (χ1n) is 8.56. The van der Waals surface area contributed by atoms with Crippen molar-refractivity contribution in [3.8, 4) is 0 Å². The molecule has 148 valence electrons. The molecular formula is C20H27ClN2O3S. The average Bonchev–Trinajstić information content (AvgIpc) is 2.58. The van der Waals surface area contributed by atoms with Gasteiger partial charge in [-0.25, -0.2) is 8.42 Å². The lowest BCUT2D eigenvalue weighted by molar-refractivity contribution is 0.0951. The van der Waals surface area contributed by atoms with Crippen molar-refractivity contribution >= 4 is 28.2 Å². The van der Waals surface area contributed by atoms with E-state index in [1.807, 2.05) is 12.1 Å². The number of rotatable bonds is 7. The van der Waals surface area contributed by atoms with E-state index in [9.17, 15) is 13.2 Å². The summed E-state index contributed by atoms with van der Waals surface area (Å²) in [5, 5.41) is 2.82.